The van der Waals surface area contributed by atoms with E-state index in [0.29, 0.717) is 19.3 Å². The van der Waals surface area contributed by atoms with Crippen LogP contribution in [0.5, 0.6) is 0 Å². The van der Waals surface area contributed by atoms with Crippen molar-refractivity contribution in [1.82, 2.24) is 5.32 Å². The number of alkyl halides is 6. The van der Waals surface area contributed by atoms with Crippen LogP contribution in [0.2, 0.25) is 0 Å². The van der Waals surface area contributed by atoms with Gasteiger partial charge in [-0.2, -0.15) is 26.3 Å². The van der Waals surface area contributed by atoms with Gasteiger partial charge in [-0.3, -0.25) is 0 Å². The molecule has 0 aromatic heterocycles. The van der Waals surface area contributed by atoms with Crippen molar-refractivity contribution in [3.05, 3.63) is 0 Å². The highest BCUT2D eigenvalue weighted by Crippen LogP contribution is 2.42. The Labute approximate surface area is 89.2 Å². The zero-order valence-electron chi connectivity index (χ0n) is 8.46. The summed E-state index contributed by atoms with van der Waals surface area (Å²) in [5, 5.41) is 2.35. The summed E-state index contributed by atoms with van der Waals surface area (Å²) < 4.78 is 74.2. The quantitative estimate of drug-likeness (QED) is 0.703. The first-order valence-corrected chi connectivity index (χ1v) is 5.10. The van der Waals surface area contributed by atoms with E-state index in [1.807, 2.05) is 0 Å². The fraction of sp³-hybridized carbons (Fsp3) is 1.00. The minimum Gasteiger partial charge on any atom is -0.313 e. The van der Waals surface area contributed by atoms with Gasteiger partial charge in [-0.1, -0.05) is 12.8 Å². The van der Waals surface area contributed by atoms with Crippen LogP contribution < -0.4 is 5.32 Å². The van der Waals surface area contributed by atoms with E-state index in [0.717, 1.165) is 0 Å². The molecule has 1 heterocycles. The van der Waals surface area contributed by atoms with E-state index in [2.05, 4.69) is 5.32 Å². The predicted octanol–water partition coefficient (Wildman–Crippen LogP) is 3.26. The topological polar surface area (TPSA) is 12.0 Å². The molecule has 1 unspecified atom stereocenters. The third-order valence-electron chi connectivity index (χ3n) is 2.71. The van der Waals surface area contributed by atoms with E-state index in [-0.39, 0.29) is 13.0 Å². The Morgan fingerprint density at radius 3 is 1.94 bits per heavy atom. The van der Waals surface area contributed by atoms with Crippen LogP contribution in [-0.4, -0.2) is 24.9 Å². The van der Waals surface area contributed by atoms with Crippen LogP contribution in [-0.2, 0) is 0 Å². The highest BCUT2D eigenvalue weighted by atomic mass is 19.4. The maximum Gasteiger partial charge on any atom is 0.401 e. The van der Waals surface area contributed by atoms with Crippen LogP contribution in [0.1, 0.15) is 25.7 Å². The molecule has 1 nitrogen and oxygen atoms in total. The fourth-order valence-corrected chi connectivity index (χ4v) is 1.98. The van der Waals surface area contributed by atoms with Crippen molar-refractivity contribution >= 4 is 0 Å². The van der Waals surface area contributed by atoms with Gasteiger partial charge in [0.25, 0.3) is 0 Å². The smallest absolute Gasteiger partial charge is 0.313 e. The molecule has 0 aliphatic carbocycles. The van der Waals surface area contributed by atoms with Crippen molar-refractivity contribution in [2.45, 2.75) is 44.1 Å². The summed E-state index contributed by atoms with van der Waals surface area (Å²) in [6, 6.07) is -1.54. The molecular weight excluding hydrogens is 236 g/mol. The zero-order chi connectivity index (χ0) is 12.4. The van der Waals surface area contributed by atoms with Gasteiger partial charge in [-0.15, -0.1) is 0 Å². The normalized spacial score (nSPS) is 24.6. The minimum absolute atomic E-state index is 0.0797. The maximum absolute atomic E-state index is 12.4. The third-order valence-corrected chi connectivity index (χ3v) is 2.71. The molecule has 0 amide bonds. The molecule has 1 N–H and O–H groups in total. The molecule has 1 saturated heterocycles. The monoisotopic (exact) mass is 249 g/mol. The number of hydrogen-bond acceptors (Lipinski definition) is 1. The molecule has 1 rings (SSSR count). The molecule has 16 heavy (non-hydrogen) atoms. The molecule has 1 aliphatic heterocycles. The van der Waals surface area contributed by atoms with Gasteiger partial charge in [0.2, 0.25) is 0 Å². The number of rotatable bonds is 1. The molecule has 0 bridgehead atoms. The highest BCUT2D eigenvalue weighted by Gasteiger charge is 2.59. The summed E-state index contributed by atoms with van der Waals surface area (Å²) in [4.78, 5) is 0. The van der Waals surface area contributed by atoms with E-state index in [9.17, 15) is 26.3 Å². The van der Waals surface area contributed by atoms with Gasteiger partial charge in [-0.25, -0.2) is 0 Å². The van der Waals surface area contributed by atoms with E-state index in [1.54, 1.807) is 0 Å². The van der Waals surface area contributed by atoms with E-state index in [1.165, 1.54) is 0 Å². The zero-order valence-corrected chi connectivity index (χ0v) is 8.46. The van der Waals surface area contributed by atoms with Crippen molar-refractivity contribution in [1.29, 1.82) is 0 Å². The Hall–Kier alpha value is -0.460. The summed E-state index contributed by atoms with van der Waals surface area (Å²) in [6.45, 7) is 0.216. The SMILES string of the molecule is FC(F)(F)C(C1CCCCCN1)C(F)(F)F. The lowest BCUT2D eigenvalue weighted by Gasteiger charge is -2.30. The van der Waals surface area contributed by atoms with Gasteiger partial charge in [-0.05, 0) is 19.4 Å². The summed E-state index contributed by atoms with van der Waals surface area (Å²) >= 11 is 0. The third kappa shape index (κ3) is 3.54. The summed E-state index contributed by atoms with van der Waals surface area (Å²) in [5.74, 6) is -3.25. The van der Waals surface area contributed by atoms with Crippen LogP contribution in [0.3, 0.4) is 0 Å². The average Bonchev–Trinajstić information content (AvgIpc) is 2.27. The molecule has 0 spiro atoms. The molecule has 96 valence electrons. The Balaban J connectivity index is 2.83. The molecular formula is C9H13F6N. The number of hydrogen-bond donors (Lipinski definition) is 1. The lowest BCUT2D eigenvalue weighted by Crippen LogP contribution is -2.50. The lowest BCUT2D eigenvalue weighted by molar-refractivity contribution is -0.291. The van der Waals surface area contributed by atoms with Crippen LogP contribution in [0, 0.1) is 5.92 Å². The predicted molar refractivity (Wildman–Crippen MR) is 45.9 cm³/mol. The van der Waals surface area contributed by atoms with Crippen molar-refractivity contribution < 1.29 is 26.3 Å². The average molecular weight is 249 g/mol. The molecule has 1 fully saturated rings. The van der Waals surface area contributed by atoms with Crippen molar-refractivity contribution in [3.63, 3.8) is 0 Å². The maximum atomic E-state index is 12.4. The number of nitrogens with one attached hydrogen (secondary N) is 1. The molecule has 1 atom stereocenters. The van der Waals surface area contributed by atoms with Gasteiger partial charge in [0.05, 0.1) is 0 Å². The Morgan fingerprint density at radius 2 is 1.44 bits per heavy atom. The molecule has 0 aromatic rings. The van der Waals surface area contributed by atoms with E-state index < -0.39 is 24.3 Å². The lowest BCUT2D eigenvalue weighted by atomic mass is 9.94. The molecule has 1 aliphatic rings. The summed E-state index contributed by atoms with van der Waals surface area (Å²) in [5.41, 5.74) is 0. The largest absolute Gasteiger partial charge is 0.401 e. The van der Waals surface area contributed by atoms with Crippen LogP contribution in [0.25, 0.3) is 0 Å². The summed E-state index contributed by atoms with van der Waals surface area (Å²) in [7, 11) is 0. The second kappa shape index (κ2) is 4.81. The standard InChI is InChI=1S/C9H13F6N/c10-8(11,12)7(9(13,14)15)6-4-2-1-3-5-16-6/h6-7,16H,1-5H2. The second-order valence-electron chi connectivity index (χ2n) is 3.97. The minimum atomic E-state index is -5.24. The molecule has 0 radical (unpaired) electrons. The fourth-order valence-electron chi connectivity index (χ4n) is 1.98. The summed E-state index contributed by atoms with van der Waals surface area (Å²) in [6.07, 6.45) is -8.85. The molecule has 0 saturated carbocycles. The Kier molecular flexibility index (Phi) is 4.09. The molecule has 0 aromatic carbocycles. The van der Waals surface area contributed by atoms with Gasteiger partial charge in [0.15, 0.2) is 5.92 Å². The van der Waals surface area contributed by atoms with Gasteiger partial charge < -0.3 is 5.32 Å². The van der Waals surface area contributed by atoms with Crippen molar-refractivity contribution in [3.8, 4) is 0 Å². The second-order valence-corrected chi connectivity index (χ2v) is 3.97. The molecule has 7 heteroatoms. The number of halogens is 6. The van der Waals surface area contributed by atoms with E-state index in [4.69, 9.17) is 0 Å². The van der Waals surface area contributed by atoms with Crippen molar-refractivity contribution in [2.75, 3.05) is 6.54 Å². The Bertz CT molecular complexity index is 199. The van der Waals surface area contributed by atoms with Crippen LogP contribution >= 0.6 is 0 Å². The van der Waals surface area contributed by atoms with Gasteiger partial charge >= 0.3 is 12.4 Å². The van der Waals surface area contributed by atoms with E-state index >= 15 is 0 Å². The van der Waals surface area contributed by atoms with Crippen LogP contribution in [0.15, 0.2) is 0 Å². The highest BCUT2D eigenvalue weighted by molar-refractivity contribution is 4.88. The van der Waals surface area contributed by atoms with Crippen LogP contribution in [0.4, 0.5) is 26.3 Å². The first-order valence-electron chi connectivity index (χ1n) is 5.10. The Morgan fingerprint density at radius 1 is 0.875 bits per heavy atom. The first kappa shape index (κ1) is 13.6. The van der Waals surface area contributed by atoms with Crippen molar-refractivity contribution in [2.24, 2.45) is 5.92 Å². The van der Waals surface area contributed by atoms with Gasteiger partial charge in [0.1, 0.15) is 0 Å². The van der Waals surface area contributed by atoms with Gasteiger partial charge in [0, 0.05) is 6.04 Å². The first-order chi connectivity index (χ1) is 7.23.